The van der Waals surface area contributed by atoms with E-state index in [2.05, 4.69) is 36.3 Å². The molecule has 194 valence electrons. The van der Waals surface area contributed by atoms with E-state index >= 15 is 0 Å². The lowest BCUT2D eigenvalue weighted by Crippen LogP contribution is -2.48. The molecule has 0 atom stereocenters. The van der Waals surface area contributed by atoms with Crippen molar-refractivity contribution in [2.24, 2.45) is 0 Å². The van der Waals surface area contributed by atoms with E-state index < -0.39 is 0 Å². The van der Waals surface area contributed by atoms with Crippen molar-refractivity contribution in [1.29, 1.82) is 0 Å². The highest BCUT2D eigenvalue weighted by Crippen LogP contribution is 2.29. The number of piperazine rings is 1. The molecule has 0 aliphatic carbocycles. The first kappa shape index (κ1) is 26.0. The van der Waals surface area contributed by atoms with Crippen LogP contribution in [0.4, 0.5) is 11.4 Å². The predicted octanol–water partition coefficient (Wildman–Crippen LogP) is 5.50. The smallest absolute Gasteiger partial charge is 0.277 e. The highest BCUT2D eigenvalue weighted by atomic mass is 79.9. The third-order valence-corrected chi connectivity index (χ3v) is 7.70. The zero-order valence-electron chi connectivity index (χ0n) is 20.8. The average Bonchev–Trinajstić information content (AvgIpc) is 3.41. The summed E-state index contributed by atoms with van der Waals surface area (Å²) >= 11 is 4.66. The Kier molecular flexibility index (Phi) is 8.09. The molecule has 1 aliphatic rings. The van der Waals surface area contributed by atoms with E-state index in [-0.39, 0.29) is 17.6 Å². The minimum Gasteiger partial charge on any atom is -0.411 e. The van der Waals surface area contributed by atoms with Gasteiger partial charge in [-0.15, -0.1) is 10.2 Å². The molecule has 1 aromatic heterocycles. The maximum Gasteiger partial charge on any atom is 0.277 e. The van der Waals surface area contributed by atoms with Gasteiger partial charge in [0.2, 0.25) is 11.8 Å². The fraction of sp³-hybridized carbons (Fsp3) is 0.214. The van der Waals surface area contributed by atoms with Gasteiger partial charge in [0.25, 0.3) is 11.1 Å². The maximum atomic E-state index is 12.8. The normalized spacial score (nSPS) is 13.4. The van der Waals surface area contributed by atoms with Gasteiger partial charge in [-0.2, -0.15) is 0 Å². The minimum absolute atomic E-state index is 0.0777. The van der Waals surface area contributed by atoms with E-state index in [1.807, 2.05) is 84.6 Å². The third kappa shape index (κ3) is 6.25. The van der Waals surface area contributed by atoms with Crippen molar-refractivity contribution in [2.45, 2.75) is 12.1 Å². The Bertz CT molecular complexity index is 1430. The number of hydrogen-bond donors (Lipinski definition) is 1. The number of aryl methyl sites for hydroxylation is 1. The van der Waals surface area contributed by atoms with Crippen LogP contribution in [-0.4, -0.2) is 58.8 Å². The van der Waals surface area contributed by atoms with Gasteiger partial charge in [0.05, 0.1) is 11.3 Å². The number of hydrogen-bond acceptors (Lipinski definition) is 7. The quantitative estimate of drug-likeness (QED) is 0.284. The molecular weight excluding hydrogens is 566 g/mol. The Morgan fingerprint density at radius 3 is 2.47 bits per heavy atom. The Balaban J connectivity index is 1.09. The van der Waals surface area contributed by atoms with E-state index in [1.54, 1.807) is 0 Å². The number of halogens is 1. The lowest BCUT2D eigenvalue weighted by Gasteiger charge is -2.36. The summed E-state index contributed by atoms with van der Waals surface area (Å²) in [5.41, 5.74) is 4.40. The zero-order valence-corrected chi connectivity index (χ0v) is 23.2. The number of rotatable bonds is 7. The molecule has 4 aromatic rings. The van der Waals surface area contributed by atoms with Gasteiger partial charge in [0, 0.05) is 47.6 Å². The van der Waals surface area contributed by atoms with Crippen molar-refractivity contribution in [3.8, 4) is 11.5 Å². The Labute approximate surface area is 233 Å². The van der Waals surface area contributed by atoms with Crippen molar-refractivity contribution < 1.29 is 14.0 Å². The number of aromatic nitrogens is 2. The highest BCUT2D eigenvalue weighted by molar-refractivity contribution is 9.10. The molecule has 1 fully saturated rings. The number of anilines is 2. The first-order valence-corrected chi connectivity index (χ1v) is 14.0. The first-order chi connectivity index (χ1) is 18.5. The maximum absolute atomic E-state index is 12.8. The van der Waals surface area contributed by atoms with Crippen LogP contribution in [0.15, 0.2) is 86.9 Å². The molecule has 8 nitrogen and oxygen atoms in total. The van der Waals surface area contributed by atoms with Gasteiger partial charge in [0.15, 0.2) is 0 Å². The fourth-order valence-electron chi connectivity index (χ4n) is 4.22. The predicted molar refractivity (Wildman–Crippen MR) is 153 cm³/mol. The second-order valence-electron chi connectivity index (χ2n) is 8.89. The van der Waals surface area contributed by atoms with Gasteiger partial charge < -0.3 is 19.5 Å². The molecule has 1 N–H and O–H groups in total. The van der Waals surface area contributed by atoms with Crippen molar-refractivity contribution in [1.82, 2.24) is 15.1 Å². The Morgan fingerprint density at radius 1 is 0.974 bits per heavy atom. The number of nitrogens with zero attached hydrogens (tertiary/aromatic N) is 4. The molecule has 2 amide bonds. The minimum atomic E-state index is -0.160. The van der Waals surface area contributed by atoms with Crippen LogP contribution < -0.4 is 10.2 Å². The van der Waals surface area contributed by atoms with Crippen LogP contribution in [-0.2, 0) is 4.79 Å². The Morgan fingerprint density at radius 2 is 1.74 bits per heavy atom. The van der Waals surface area contributed by atoms with Crippen LogP contribution >= 0.6 is 27.7 Å². The van der Waals surface area contributed by atoms with Crippen molar-refractivity contribution in [3.05, 3.63) is 88.4 Å². The standard InChI is InChI=1S/C28H26BrN5O3S/c1-19-5-4-6-20(17-19)27(36)34-15-13-33(14-16-34)22-11-9-21(10-12-22)30-25(35)18-38-28-32-31-26(37-28)23-7-2-3-8-24(23)29/h2-12,17H,13-16,18H2,1H3,(H,30,35). The largest absolute Gasteiger partial charge is 0.411 e. The fourth-order valence-corrected chi connectivity index (χ4v) is 5.24. The molecule has 0 saturated carbocycles. The summed E-state index contributed by atoms with van der Waals surface area (Å²) in [5.74, 6) is 0.466. The number of carbonyl (C=O) groups is 2. The number of carbonyl (C=O) groups excluding carboxylic acids is 2. The van der Waals surface area contributed by atoms with Gasteiger partial charge in [-0.05, 0) is 71.4 Å². The van der Waals surface area contributed by atoms with Gasteiger partial charge >= 0.3 is 0 Å². The second kappa shape index (κ2) is 11.8. The van der Waals surface area contributed by atoms with Crippen LogP contribution in [0.1, 0.15) is 15.9 Å². The summed E-state index contributed by atoms with van der Waals surface area (Å²) in [4.78, 5) is 29.4. The summed E-state index contributed by atoms with van der Waals surface area (Å²) in [6, 6.07) is 23.1. The van der Waals surface area contributed by atoms with Gasteiger partial charge in [-0.25, -0.2) is 0 Å². The van der Waals surface area contributed by atoms with E-state index in [1.165, 1.54) is 11.8 Å². The zero-order chi connectivity index (χ0) is 26.5. The van der Waals surface area contributed by atoms with Crippen LogP contribution in [0.25, 0.3) is 11.5 Å². The van der Waals surface area contributed by atoms with E-state index in [4.69, 9.17) is 4.42 Å². The third-order valence-electron chi connectivity index (χ3n) is 6.19. The van der Waals surface area contributed by atoms with Crippen molar-refractivity contribution in [2.75, 3.05) is 42.1 Å². The van der Waals surface area contributed by atoms with Crippen molar-refractivity contribution >= 4 is 50.9 Å². The molecule has 2 heterocycles. The van der Waals surface area contributed by atoms with Gasteiger partial charge in [-0.1, -0.05) is 41.6 Å². The van der Waals surface area contributed by atoms with E-state index in [0.717, 1.165) is 39.9 Å². The SMILES string of the molecule is Cc1cccc(C(=O)N2CCN(c3ccc(NC(=O)CSc4nnc(-c5ccccc5Br)o4)cc3)CC2)c1. The highest BCUT2D eigenvalue weighted by Gasteiger charge is 2.22. The molecule has 1 saturated heterocycles. The topological polar surface area (TPSA) is 91.6 Å². The summed E-state index contributed by atoms with van der Waals surface area (Å²) < 4.78 is 6.55. The second-order valence-corrected chi connectivity index (χ2v) is 10.7. The Hall–Kier alpha value is -3.63. The summed E-state index contributed by atoms with van der Waals surface area (Å²) in [5, 5.41) is 11.3. The lowest BCUT2D eigenvalue weighted by molar-refractivity contribution is -0.113. The average molecular weight is 593 g/mol. The van der Waals surface area contributed by atoms with Crippen LogP contribution in [0.5, 0.6) is 0 Å². The number of thioether (sulfide) groups is 1. The molecule has 0 bridgehead atoms. The summed E-state index contributed by atoms with van der Waals surface area (Å²) in [6.45, 7) is 4.84. The van der Waals surface area contributed by atoms with Gasteiger partial charge in [-0.3, -0.25) is 9.59 Å². The summed E-state index contributed by atoms with van der Waals surface area (Å²) in [6.07, 6.45) is 0. The van der Waals surface area contributed by atoms with Crippen LogP contribution in [0.3, 0.4) is 0 Å². The van der Waals surface area contributed by atoms with E-state index in [0.29, 0.717) is 29.9 Å². The van der Waals surface area contributed by atoms with Crippen LogP contribution in [0.2, 0.25) is 0 Å². The molecule has 1 aliphatic heterocycles. The molecule has 10 heteroatoms. The molecule has 0 spiro atoms. The number of amides is 2. The first-order valence-electron chi connectivity index (χ1n) is 12.2. The van der Waals surface area contributed by atoms with Crippen LogP contribution in [0, 0.1) is 6.92 Å². The number of nitrogens with one attached hydrogen (secondary N) is 1. The molecule has 38 heavy (non-hydrogen) atoms. The molecule has 0 unspecified atom stereocenters. The number of benzene rings is 3. The molecular formula is C28H26BrN5O3S. The van der Waals surface area contributed by atoms with Gasteiger partial charge in [0.1, 0.15) is 0 Å². The lowest BCUT2D eigenvalue weighted by atomic mass is 10.1. The molecule has 0 radical (unpaired) electrons. The monoisotopic (exact) mass is 591 g/mol. The van der Waals surface area contributed by atoms with E-state index in [9.17, 15) is 9.59 Å². The molecule has 3 aromatic carbocycles. The summed E-state index contributed by atoms with van der Waals surface area (Å²) in [7, 11) is 0. The molecule has 5 rings (SSSR count). The van der Waals surface area contributed by atoms with Crippen molar-refractivity contribution in [3.63, 3.8) is 0 Å².